The van der Waals surface area contributed by atoms with Gasteiger partial charge in [-0.25, -0.2) is 4.68 Å². The van der Waals surface area contributed by atoms with Crippen molar-refractivity contribution >= 4 is 27.9 Å². The zero-order valence-corrected chi connectivity index (χ0v) is 11.6. The van der Waals surface area contributed by atoms with Crippen LogP contribution in [0.3, 0.4) is 0 Å². The van der Waals surface area contributed by atoms with E-state index in [9.17, 15) is 4.79 Å². The molecule has 0 atom stereocenters. The van der Waals surface area contributed by atoms with Crippen molar-refractivity contribution in [2.45, 2.75) is 32.2 Å². The Morgan fingerprint density at radius 3 is 2.86 bits per heavy atom. The van der Waals surface area contributed by atoms with Crippen LogP contribution < -0.4 is 0 Å². The first-order valence-electron chi connectivity index (χ1n) is 7.04. The molecule has 0 saturated heterocycles. The maximum atomic E-state index is 10.5. The van der Waals surface area contributed by atoms with Crippen molar-refractivity contribution in [2.75, 3.05) is 0 Å². The lowest BCUT2D eigenvalue weighted by atomic mass is 10.2. The summed E-state index contributed by atoms with van der Waals surface area (Å²) in [6.45, 7) is 0.740. The Kier molecular flexibility index (Phi) is 3.77. The van der Waals surface area contributed by atoms with Crippen molar-refractivity contribution in [2.24, 2.45) is 0 Å². The molecule has 3 aromatic rings. The molecule has 21 heavy (non-hydrogen) atoms. The van der Waals surface area contributed by atoms with Gasteiger partial charge in [-0.1, -0.05) is 29.8 Å². The van der Waals surface area contributed by atoms with Gasteiger partial charge in [-0.2, -0.15) is 0 Å². The second-order valence-electron chi connectivity index (χ2n) is 5.03. The van der Waals surface area contributed by atoms with E-state index < -0.39 is 5.97 Å². The summed E-state index contributed by atoms with van der Waals surface area (Å²) in [6.07, 6.45) is 4.43. The highest BCUT2D eigenvalue weighted by Gasteiger charge is 2.09. The Morgan fingerprint density at radius 1 is 1.14 bits per heavy atom. The molecule has 0 unspecified atom stereocenters. The van der Waals surface area contributed by atoms with Crippen molar-refractivity contribution in [1.29, 1.82) is 0 Å². The number of aryl methyl sites for hydroxylation is 1. The third-order valence-corrected chi connectivity index (χ3v) is 3.51. The van der Waals surface area contributed by atoms with Crippen molar-refractivity contribution in [1.82, 2.24) is 20.0 Å². The van der Waals surface area contributed by atoms with Gasteiger partial charge in [0.05, 0.1) is 17.2 Å². The van der Waals surface area contributed by atoms with Crippen molar-refractivity contribution in [3.63, 3.8) is 0 Å². The molecular weight excluding hydrogens is 268 g/mol. The molecule has 2 heterocycles. The van der Waals surface area contributed by atoms with Gasteiger partial charge in [0.2, 0.25) is 0 Å². The van der Waals surface area contributed by atoms with Gasteiger partial charge in [0.25, 0.3) is 0 Å². The number of rotatable bonds is 6. The van der Waals surface area contributed by atoms with E-state index >= 15 is 0 Å². The Morgan fingerprint density at radius 2 is 2.00 bits per heavy atom. The molecule has 1 aromatic carbocycles. The van der Waals surface area contributed by atoms with Gasteiger partial charge in [0.1, 0.15) is 5.52 Å². The summed E-state index contributed by atoms with van der Waals surface area (Å²) in [5.41, 5.74) is 2.72. The van der Waals surface area contributed by atoms with Crippen molar-refractivity contribution in [3.8, 4) is 0 Å². The minimum atomic E-state index is -0.738. The number of hydrogen-bond donors (Lipinski definition) is 1. The summed E-state index contributed by atoms with van der Waals surface area (Å²) >= 11 is 0. The molecule has 6 nitrogen and oxygen atoms in total. The maximum Gasteiger partial charge on any atom is 0.303 e. The smallest absolute Gasteiger partial charge is 0.303 e. The van der Waals surface area contributed by atoms with Gasteiger partial charge < -0.3 is 5.11 Å². The van der Waals surface area contributed by atoms with E-state index in [1.807, 2.05) is 28.9 Å². The summed E-state index contributed by atoms with van der Waals surface area (Å²) in [7, 11) is 0. The van der Waals surface area contributed by atoms with Gasteiger partial charge in [0.15, 0.2) is 0 Å². The molecule has 108 valence electrons. The summed E-state index contributed by atoms with van der Waals surface area (Å²) < 4.78 is 1.89. The first kappa shape index (κ1) is 13.5. The summed E-state index contributed by atoms with van der Waals surface area (Å²) in [4.78, 5) is 14.8. The number of carboxylic acids is 1. The predicted molar refractivity (Wildman–Crippen MR) is 78.9 cm³/mol. The van der Waals surface area contributed by atoms with Crippen LogP contribution in [-0.4, -0.2) is 31.1 Å². The van der Waals surface area contributed by atoms with Gasteiger partial charge in [-0.15, -0.1) is 5.10 Å². The lowest BCUT2D eigenvalue weighted by Gasteiger charge is -2.04. The second kappa shape index (κ2) is 5.87. The molecule has 0 radical (unpaired) electrons. The number of unbranched alkanes of at least 4 members (excludes halogenated alkanes) is 2. The zero-order valence-electron chi connectivity index (χ0n) is 11.6. The van der Waals surface area contributed by atoms with Crippen LogP contribution in [0.5, 0.6) is 0 Å². The fourth-order valence-electron chi connectivity index (χ4n) is 2.48. The molecule has 0 aliphatic carbocycles. The van der Waals surface area contributed by atoms with Crippen LogP contribution in [0, 0.1) is 0 Å². The molecule has 0 aliphatic rings. The van der Waals surface area contributed by atoms with Gasteiger partial charge >= 0.3 is 5.97 Å². The number of aliphatic carboxylic acids is 1. The van der Waals surface area contributed by atoms with Gasteiger partial charge in [0, 0.05) is 18.4 Å². The van der Waals surface area contributed by atoms with Crippen LogP contribution in [0.2, 0.25) is 0 Å². The number of benzene rings is 1. The predicted octanol–water partition coefficient (Wildman–Crippen LogP) is 2.62. The highest BCUT2D eigenvalue weighted by Crippen LogP contribution is 2.21. The summed E-state index contributed by atoms with van der Waals surface area (Å²) in [5, 5.41) is 18.0. The molecule has 1 N–H and O–H groups in total. The Bertz CT molecular complexity index is 782. The molecule has 0 saturated carbocycles. The normalized spacial score (nSPS) is 11.2. The van der Waals surface area contributed by atoms with Crippen molar-refractivity contribution in [3.05, 3.63) is 30.5 Å². The Balaban J connectivity index is 1.79. The third kappa shape index (κ3) is 2.84. The quantitative estimate of drug-likeness (QED) is 0.704. The van der Waals surface area contributed by atoms with E-state index in [2.05, 4.69) is 15.3 Å². The molecular formula is C15H16N4O2. The average molecular weight is 284 g/mol. The van der Waals surface area contributed by atoms with Crippen LogP contribution in [0.4, 0.5) is 0 Å². The average Bonchev–Trinajstić information content (AvgIpc) is 2.90. The molecule has 0 fully saturated rings. The minimum absolute atomic E-state index is 0.227. The molecule has 0 amide bonds. The summed E-state index contributed by atoms with van der Waals surface area (Å²) in [6, 6.07) is 7.93. The van der Waals surface area contributed by atoms with Crippen LogP contribution in [-0.2, 0) is 11.3 Å². The molecule has 0 bridgehead atoms. The van der Waals surface area contributed by atoms with Crippen LogP contribution in [0.1, 0.15) is 25.7 Å². The fourth-order valence-corrected chi connectivity index (χ4v) is 2.48. The monoisotopic (exact) mass is 284 g/mol. The van der Waals surface area contributed by atoms with Crippen LogP contribution in [0.25, 0.3) is 21.9 Å². The van der Waals surface area contributed by atoms with Gasteiger partial charge in [-0.3, -0.25) is 9.78 Å². The number of aromatic nitrogens is 4. The number of pyridine rings is 1. The standard InChI is InChI=1S/C15H16N4O2/c20-14(21)8-2-1-5-9-19-15-11-6-3-4-7-12(11)16-10-13(15)17-18-19/h3-4,6-7,10H,1-2,5,8-9H2,(H,20,21). The molecule has 3 rings (SSSR count). The number of nitrogens with zero attached hydrogens (tertiary/aromatic N) is 4. The third-order valence-electron chi connectivity index (χ3n) is 3.51. The summed E-state index contributed by atoms with van der Waals surface area (Å²) in [5.74, 6) is -0.738. The van der Waals surface area contributed by atoms with E-state index in [-0.39, 0.29) is 6.42 Å². The number of hydrogen-bond acceptors (Lipinski definition) is 4. The number of carbonyl (C=O) groups is 1. The first-order valence-corrected chi connectivity index (χ1v) is 7.04. The molecule has 6 heteroatoms. The Hall–Kier alpha value is -2.50. The minimum Gasteiger partial charge on any atom is -0.481 e. The number of fused-ring (bicyclic) bond motifs is 3. The highest BCUT2D eigenvalue weighted by molar-refractivity contribution is 6.01. The lowest BCUT2D eigenvalue weighted by molar-refractivity contribution is -0.137. The molecule has 0 spiro atoms. The van der Waals surface area contributed by atoms with E-state index in [1.54, 1.807) is 6.20 Å². The first-order chi connectivity index (χ1) is 10.3. The number of para-hydroxylation sites is 1. The SMILES string of the molecule is O=C(O)CCCCCn1nnc2cnc3ccccc3c21. The lowest BCUT2D eigenvalue weighted by Crippen LogP contribution is -2.01. The van der Waals surface area contributed by atoms with Gasteiger partial charge in [-0.05, 0) is 18.9 Å². The Labute approximate surface area is 121 Å². The van der Waals surface area contributed by atoms with Crippen LogP contribution in [0.15, 0.2) is 30.5 Å². The van der Waals surface area contributed by atoms with Crippen molar-refractivity contribution < 1.29 is 9.90 Å². The van der Waals surface area contributed by atoms with E-state index in [4.69, 9.17) is 5.11 Å². The van der Waals surface area contributed by atoms with E-state index in [0.717, 1.165) is 41.3 Å². The molecule has 0 aliphatic heterocycles. The maximum absolute atomic E-state index is 10.5. The second-order valence-corrected chi connectivity index (χ2v) is 5.03. The van der Waals surface area contributed by atoms with E-state index in [1.165, 1.54) is 0 Å². The van der Waals surface area contributed by atoms with E-state index in [0.29, 0.717) is 6.42 Å². The topological polar surface area (TPSA) is 80.9 Å². The highest BCUT2D eigenvalue weighted by atomic mass is 16.4. The number of carboxylic acid groups (broad SMARTS) is 1. The van der Waals surface area contributed by atoms with Crippen LogP contribution >= 0.6 is 0 Å². The largest absolute Gasteiger partial charge is 0.481 e. The zero-order chi connectivity index (χ0) is 14.7. The molecule has 2 aromatic heterocycles. The fraction of sp³-hybridized carbons (Fsp3) is 0.333.